The third-order valence-corrected chi connectivity index (χ3v) is 4.45. The highest BCUT2D eigenvalue weighted by atomic mass is 35.5. The highest BCUT2D eigenvalue weighted by Gasteiger charge is 2.12. The second-order valence-corrected chi connectivity index (χ2v) is 6.45. The van der Waals surface area contributed by atoms with Gasteiger partial charge in [0.1, 0.15) is 10.8 Å². The van der Waals surface area contributed by atoms with E-state index in [2.05, 4.69) is 32.7 Å². The number of nitrogens with one attached hydrogen (secondary N) is 2. The highest BCUT2D eigenvalue weighted by Crippen LogP contribution is 2.16. The van der Waals surface area contributed by atoms with Crippen LogP contribution in [0, 0.1) is 0 Å². The van der Waals surface area contributed by atoms with Crippen LogP contribution in [0.25, 0.3) is 0 Å². The van der Waals surface area contributed by atoms with Gasteiger partial charge in [0, 0.05) is 11.7 Å². The van der Waals surface area contributed by atoms with E-state index in [1.807, 2.05) is 12.1 Å². The largest absolute Gasteiger partial charge is 0.321 e. The monoisotopic (exact) mass is 344 g/mol. The van der Waals surface area contributed by atoms with Gasteiger partial charge in [-0.3, -0.25) is 4.79 Å². The van der Waals surface area contributed by atoms with Crippen molar-refractivity contribution in [1.82, 2.24) is 15.3 Å². The number of halogens is 1. The first-order valence-corrected chi connectivity index (χ1v) is 8.70. The van der Waals surface area contributed by atoms with Gasteiger partial charge < -0.3 is 10.6 Å². The summed E-state index contributed by atoms with van der Waals surface area (Å²) in [7, 11) is 0. The minimum Gasteiger partial charge on any atom is -0.321 e. The molecule has 1 amide bonds. The summed E-state index contributed by atoms with van der Waals surface area (Å²) in [5.74, 6) is -0.293. The van der Waals surface area contributed by atoms with Gasteiger partial charge in [-0.1, -0.05) is 30.2 Å². The van der Waals surface area contributed by atoms with Crippen molar-refractivity contribution >= 4 is 23.2 Å². The Kier molecular flexibility index (Phi) is 5.77. The Morgan fingerprint density at radius 3 is 2.71 bits per heavy atom. The first-order valence-electron chi connectivity index (χ1n) is 8.32. The lowest BCUT2D eigenvalue weighted by atomic mass is 9.98. The SMILES string of the molecule is O=C(Nc1ccc(CCC2CCCCN2)cc1)c1cnc(Cl)cn1. The maximum absolute atomic E-state index is 12.1. The average Bonchev–Trinajstić information content (AvgIpc) is 2.62. The fourth-order valence-corrected chi connectivity index (χ4v) is 2.99. The Balaban J connectivity index is 1.52. The number of hydrogen-bond acceptors (Lipinski definition) is 4. The molecule has 0 radical (unpaired) electrons. The lowest BCUT2D eigenvalue weighted by molar-refractivity contribution is 0.102. The molecule has 5 nitrogen and oxygen atoms in total. The molecule has 2 N–H and O–H groups in total. The van der Waals surface area contributed by atoms with Crippen LogP contribution in [0.1, 0.15) is 41.7 Å². The van der Waals surface area contributed by atoms with E-state index in [1.165, 1.54) is 37.2 Å². The van der Waals surface area contributed by atoms with E-state index >= 15 is 0 Å². The molecular formula is C18H21ClN4O. The number of aryl methyl sites for hydroxylation is 1. The Hall–Kier alpha value is -1.98. The van der Waals surface area contributed by atoms with Gasteiger partial charge in [-0.15, -0.1) is 0 Å². The minimum absolute atomic E-state index is 0.242. The number of carbonyl (C=O) groups excluding carboxylic acids is 1. The standard InChI is InChI=1S/C18H21ClN4O/c19-17-12-21-16(11-22-17)18(24)23-15-8-5-13(6-9-15)4-7-14-3-1-2-10-20-14/h5-6,8-9,11-12,14,20H,1-4,7,10H2,(H,23,24). The quantitative estimate of drug-likeness (QED) is 0.871. The van der Waals surface area contributed by atoms with Gasteiger partial charge in [-0.2, -0.15) is 0 Å². The Morgan fingerprint density at radius 2 is 2.04 bits per heavy atom. The van der Waals surface area contributed by atoms with Crippen LogP contribution in [0.15, 0.2) is 36.7 Å². The van der Waals surface area contributed by atoms with Gasteiger partial charge in [-0.05, 0) is 49.9 Å². The third kappa shape index (κ3) is 4.76. The number of nitrogens with zero attached hydrogens (tertiary/aromatic N) is 2. The molecule has 0 bridgehead atoms. The van der Waals surface area contributed by atoms with Gasteiger partial charge in [0.2, 0.25) is 0 Å². The zero-order chi connectivity index (χ0) is 16.8. The van der Waals surface area contributed by atoms with E-state index in [0.717, 1.165) is 25.1 Å². The minimum atomic E-state index is -0.293. The summed E-state index contributed by atoms with van der Waals surface area (Å²) < 4.78 is 0. The molecule has 0 saturated carbocycles. The number of anilines is 1. The smallest absolute Gasteiger partial charge is 0.275 e. The van der Waals surface area contributed by atoms with E-state index < -0.39 is 0 Å². The lowest BCUT2D eigenvalue weighted by Gasteiger charge is -2.23. The molecule has 1 unspecified atom stereocenters. The molecule has 6 heteroatoms. The van der Waals surface area contributed by atoms with E-state index in [0.29, 0.717) is 6.04 Å². The van der Waals surface area contributed by atoms with Crippen molar-refractivity contribution in [2.75, 3.05) is 11.9 Å². The molecule has 1 aliphatic rings. The zero-order valence-corrected chi connectivity index (χ0v) is 14.2. The van der Waals surface area contributed by atoms with Crippen molar-refractivity contribution in [3.63, 3.8) is 0 Å². The Labute approximate surface area is 146 Å². The molecule has 1 saturated heterocycles. The molecule has 3 rings (SSSR count). The van der Waals surface area contributed by atoms with Gasteiger partial charge in [0.05, 0.1) is 12.4 Å². The maximum Gasteiger partial charge on any atom is 0.275 e. The number of piperidine rings is 1. The normalized spacial score (nSPS) is 17.5. The van der Waals surface area contributed by atoms with Crippen molar-refractivity contribution in [2.24, 2.45) is 0 Å². The van der Waals surface area contributed by atoms with Crippen LogP contribution in [-0.2, 0) is 6.42 Å². The van der Waals surface area contributed by atoms with Gasteiger partial charge in [0.15, 0.2) is 0 Å². The molecule has 2 aromatic rings. The van der Waals surface area contributed by atoms with Crippen LogP contribution in [0.2, 0.25) is 5.15 Å². The van der Waals surface area contributed by atoms with Crippen LogP contribution in [-0.4, -0.2) is 28.5 Å². The summed E-state index contributed by atoms with van der Waals surface area (Å²) >= 11 is 5.67. The number of hydrogen-bond donors (Lipinski definition) is 2. The molecule has 0 aliphatic carbocycles. The van der Waals surface area contributed by atoms with Crippen LogP contribution in [0.5, 0.6) is 0 Å². The van der Waals surface area contributed by atoms with Crippen LogP contribution in [0.3, 0.4) is 0 Å². The fourth-order valence-electron chi connectivity index (χ4n) is 2.89. The Morgan fingerprint density at radius 1 is 1.21 bits per heavy atom. The number of amides is 1. The molecule has 24 heavy (non-hydrogen) atoms. The number of rotatable bonds is 5. The van der Waals surface area contributed by atoms with Crippen LogP contribution in [0.4, 0.5) is 5.69 Å². The summed E-state index contributed by atoms with van der Waals surface area (Å²) in [5, 5.41) is 6.65. The molecule has 126 valence electrons. The Bertz CT molecular complexity index is 666. The average molecular weight is 345 g/mol. The van der Waals surface area contributed by atoms with Gasteiger partial charge in [-0.25, -0.2) is 9.97 Å². The van der Waals surface area contributed by atoms with Crippen molar-refractivity contribution < 1.29 is 4.79 Å². The molecule has 1 atom stereocenters. The zero-order valence-electron chi connectivity index (χ0n) is 13.5. The second-order valence-electron chi connectivity index (χ2n) is 6.06. The summed E-state index contributed by atoms with van der Waals surface area (Å²) in [6, 6.07) is 8.61. The molecule has 1 aromatic carbocycles. The fraction of sp³-hybridized carbons (Fsp3) is 0.389. The number of benzene rings is 1. The van der Waals surface area contributed by atoms with Crippen LogP contribution >= 0.6 is 11.6 Å². The maximum atomic E-state index is 12.1. The summed E-state index contributed by atoms with van der Waals surface area (Å²) in [4.78, 5) is 19.9. The predicted molar refractivity (Wildman–Crippen MR) is 95.4 cm³/mol. The van der Waals surface area contributed by atoms with Gasteiger partial charge in [0.25, 0.3) is 5.91 Å². The molecule has 1 aromatic heterocycles. The first kappa shape index (κ1) is 16.9. The van der Waals surface area contributed by atoms with Crippen molar-refractivity contribution in [1.29, 1.82) is 0 Å². The highest BCUT2D eigenvalue weighted by molar-refractivity contribution is 6.29. The van der Waals surface area contributed by atoms with E-state index in [4.69, 9.17) is 11.6 Å². The molecular weight excluding hydrogens is 324 g/mol. The topological polar surface area (TPSA) is 66.9 Å². The summed E-state index contributed by atoms with van der Waals surface area (Å²) in [6.07, 6.45) is 8.83. The second kappa shape index (κ2) is 8.22. The molecule has 1 aliphatic heterocycles. The van der Waals surface area contributed by atoms with Crippen molar-refractivity contribution in [3.05, 3.63) is 53.1 Å². The lowest BCUT2D eigenvalue weighted by Crippen LogP contribution is -2.34. The van der Waals surface area contributed by atoms with Gasteiger partial charge >= 0.3 is 0 Å². The summed E-state index contributed by atoms with van der Waals surface area (Å²) in [6.45, 7) is 1.14. The van der Waals surface area contributed by atoms with Crippen molar-refractivity contribution in [3.8, 4) is 0 Å². The van der Waals surface area contributed by atoms with E-state index in [1.54, 1.807) is 0 Å². The molecule has 0 spiro atoms. The predicted octanol–water partition coefficient (Wildman–Crippen LogP) is 3.46. The van der Waals surface area contributed by atoms with E-state index in [9.17, 15) is 4.79 Å². The number of aromatic nitrogens is 2. The molecule has 1 fully saturated rings. The number of carbonyl (C=O) groups is 1. The van der Waals surface area contributed by atoms with Crippen molar-refractivity contribution in [2.45, 2.75) is 38.1 Å². The van der Waals surface area contributed by atoms with Crippen LogP contribution < -0.4 is 10.6 Å². The summed E-state index contributed by atoms with van der Waals surface area (Å²) in [5.41, 5.74) is 2.27. The third-order valence-electron chi connectivity index (χ3n) is 4.26. The van der Waals surface area contributed by atoms with E-state index in [-0.39, 0.29) is 16.8 Å². The first-order chi connectivity index (χ1) is 11.7. The molecule has 2 heterocycles.